The van der Waals surface area contributed by atoms with Gasteiger partial charge in [0, 0.05) is 17.6 Å². The summed E-state index contributed by atoms with van der Waals surface area (Å²) in [5.41, 5.74) is 1.26. The molecular weight excluding hydrogens is 248 g/mol. The standard InChI is InChI=1S/C14H23ClN2O/c1-3-16-14(8-9-17(2)10-11-18)12-4-6-13(15)7-5-12/h4-7,14,16,18H,3,8-11H2,1-2H3. The average Bonchev–Trinajstić information content (AvgIpc) is 2.36. The van der Waals surface area contributed by atoms with Crippen LogP contribution in [0.2, 0.25) is 5.02 Å². The van der Waals surface area contributed by atoms with E-state index in [-0.39, 0.29) is 6.61 Å². The number of likely N-dealkylation sites (N-methyl/N-ethyl adjacent to an activating group) is 1. The molecule has 0 spiro atoms. The number of hydrogen-bond acceptors (Lipinski definition) is 3. The molecule has 4 heteroatoms. The second-order valence-corrected chi connectivity index (χ2v) is 4.91. The Morgan fingerprint density at radius 2 is 1.94 bits per heavy atom. The fourth-order valence-corrected chi connectivity index (χ4v) is 2.09. The number of rotatable bonds is 8. The Kier molecular flexibility index (Phi) is 7.28. The van der Waals surface area contributed by atoms with Crippen molar-refractivity contribution < 1.29 is 5.11 Å². The maximum atomic E-state index is 8.88. The zero-order valence-electron chi connectivity index (χ0n) is 11.2. The van der Waals surface area contributed by atoms with E-state index in [4.69, 9.17) is 16.7 Å². The molecule has 0 fully saturated rings. The van der Waals surface area contributed by atoms with Crippen LogP contribution in [-0.2, 0) is 0 Å². The maximum absolute atomic E-state index is 8.88. The minimum atomic E-state index is 0.212. The van der Waals surface area contributed by atoms with Gasteiger partial charge < -0.3 is 15.3 Å². The summed E-state index contributed by atoms with van der Waals surface area (Å²) in [7, 11) is 2.03. The average molecular weight is 271 g/mol. The number of halogens is 1. The minimum Gasteiger partial charge on any atom is -0.395 e. The molecule has 1 atom stereocenters. The van der Waals surface area contributed by atoms with E-state index < -0.39 is 0 Å². The maximum Gasteiger partial charge on any atom is 0.0558 e. The summed E-state index contributed by atoms with van der Waals surface area (Å²) >= 11 is 5.91. The Morgan fingerprint density at radius 1 is 1.28 bits per heavy atom. The Hall–Kier alpha value is -0.610. The van der Waals surface area contributed by atoms with Crippen molar-refractivity contribution in [1.82, 2.24) is 10.2 Å². The van der Waals surface area contributed by atoms with Gasteiger partial charge in [-0.3, -0.25) is 0 Å². The fourth-order valence-electron chi connectivity index (χ4n) is 1.96. The van der Waals surface area contributed by atoms with Crippen molar-refractivity contribution in [2.75, 3.05) is 33.3 Å². The fraction of sp³-hybridized carbons (Fsp3) is 0.571. The van der Waals surface area contributed by atoms with E-state index in [0.29, 0.717) is 6.04 Å². The van der Waals surface area contributed by atoms with Crippen molar-refractivity contribution >= 4 is 11.6 Å². The Bertz CT molecular complexity index is 329. The highest BCUT2D eigenvalue weighted by molar-refractivity contribution is 6.30. The van der Waals surface area contributed by atoms with E-state index in [1.54, 1.807) is 0 Å². The molecule has 3 nitrogen and oxygen atoms in total. The van der Waals surface area contributed by atoms with Crippen LogP contribution in [0.5, 0.6) is 0 Å². The van der Waals surface area contributed by atoms with E-state index in [1.165, 1.54) is 5.56 Å². The van der Waals surface area contributed by atoms with Gasteiger partial charge in [-0.15, -0.1) is 0 Å². The molecule has 0 amide bonds. The van der Waals surface area contributed by atoms with Crippen LogP contribution in [0.1, 0.15) is 24.9 Å². The monoisotopic (exact) mass is 270 g/mol. The van der Waals surface area contributed by atoms with Gasteiger partial charge in [-0.2, -0.15) is 0 Å². The first-order valence-electron chi connectivity index (χ1n) is 6.45. The lowest BCUT2D eigenvalue weighted by Crippen LogP contribution is -2.28. The smallest absolute Gasteiger partial charge is 0.0558 e. The summed E-state index contributed by atoms with van der Waals surface area (Å²) in [6, 6.07) is 8.34. The van der Waals surface area contributed by atoms with E-state index in [1.807, 2.05) is 19.2 Å². The highest BCUT2D eigenvalue weighted by Crippen LogP contribution is 2.19. The molecule has 0 aliphatic rings. The molecular formula is C14H23ClN2O. The van der Waals surface area contributed by atoms with Gasteiger partial charge in [0.25, 0.3) is 0 Å². The van der Waals surface area contributed by atoms with Gasteiger partial charge in [0.1, 0.15) is 0 Å². The van der Waals surface area contributed by atoms with E-state index in [0.717, 1.165) is 31.1 Å². The second kappa shape index (κ2) is 8.48. The first-order valence-corrected chi connectivity index (χ1v) is 6.83. The quantitative estimate of drug-likeness (QED) is 0.761. The molecule has 0 heterocycles. The number of hydrogen-bond donors (Lipinski definition) is 2. The van der Waals surface area contributed by atoms with Crippen LogP contribution >= 0.6 is 11.6 Å². The van der Waals surface area contributed by atoms with E-state index >= 15 is 0 Å². The molecule has 2 N–H and O–H groups in total. The van der Waals surface area contributed by atoms with Crippen LogP contribution in [0, 0.1) is 0 Å². The molecule has 0 saturated carbocycles. The van der Waals surface area contributed by atoms with Crippen molar-refractivity contribution in [3.05, 3.63) is 34.9 Å². The third kappa shape index (κ3) is 5.36. The van der Waals surface area contributed by atoms with Gasteiger partial charge in [-0.05, 0) is 44.3 Å². The molecule has 0 aromatic heterocycles. The first kappa shape index (κ1) is 15.4. The molecule has 102 valence electrons. The van der Waals surface area contributed by atoms with Crippen LogP contribution in [0.4, 0.5) is 0 Å². The second-order valence-electron chi connectivity index (χ2n) is 4.48. The zero-order chi connectivity index (χ0) is 13.4. The van der Waals surface area contributed by atoms with Gasteiger partial charge in [-0.1, -0.05) is 30.7 Å². The molecule has 0 saturated heterocycles. The van der Waals surface area contributed by atoms with Crippen molar-refractivity contribution in [2.45, 2.75) is 19.4 Å². The summed E-state index contributed by atoms with van der Waals surface area (Å²) in [5.74, 6) is 0. The molecule has 0 bridgehead atoms. The van der Waals surface area contributed by atoms with Crippen LogP contribution in [0.25, 0.3) is 0 Å². The molecule has 0 aliphatic carbocycles. The van der Waals surface area contributed by atoms with Crippen LogP contribution in [0.15, 0.2) is 24.3 Å². The van der Waals surface area contributed by atoms with Gasteiger partial charge in [0.15, 0.2) is 0 Å². The number of benzene rings is 1. The predicted octanol–water partition coefficient (Wildman–Crippen LogP) is 2.30. The lowest BCUT2D eigenvalue weighted by atomic mass is 10.0. The third-order valence-corrected chi connectivity index (χ3v) is 3.26. The van der Waals surface area contributed by atoms with Gasteiger partial charge in [0.05, 0.1) is 6.61 Å². The molecule has 1 rings (SSSR count). The number of aliphatic hydroxyl groups is 1. The van der Waals surface area contributed by atoms with Gasteiger partial charge >= 0.3 is 0 Å². The topological polar surface area (TPSA) is 35.5 Å². The lowest BCUT2D eigenvalue weighted by Gasteiger charge is -2.22. The van der Waals surface area contributed by atoms with Gasteiger partial charge in [0.2, 0.25) is 0 Å². The van der Waals surface area contributed by atoms with Crippen molar-refractivity contribution in [2.24, 2.45) is 0 Å². The summed E-state index contributed by atoms with van der Waals surface area (Å²) in [4.78, 5) is 2.14. The molecule has 1 aromatic carbocycles. The lowest BCUT2D eigenvalue weighted by molar-refractivity contribution is 0.215. The Morgan fingerprint density at radius 3 is 2.50 bits per heavy atom. The summed E-state index contributed by atoms with van der Waals surface area (Å²) in [5, 5.41) is 13.1. The largest absolute Gasteiger partial charge is 0.395 e. The predicted molar refractivity (Wildman–Crippen MR) is 77.1 cm³/mol. The van der Waals surface area contributed by atoms with Crippen molar-refractivity contribution in [3.63, 3.8) is 0 Å². The van der Waals surface area contributed by atoms with E-state index in [2.05, 4.69) is 29.3 Å². The molecule has 0 radical (unpaired) electrons. The Labute approximate surface area is 115 Å². The van der Waals surface area contributed by atoms with Crippen LogP contribution in [0.3, 0.4) is 0 Å². The molecule has 1 aromatic rings. The highest BCUT2D eigenvalue weighted by Gasteiger charge is 2.11. The first-order chi connectivity index (χ1) is 8.67. The summed E-state index contributed by atoms with van der Waals surface area (Å²) in [6.45, 7) is 4.95. The third-order valence-electron chi connectivity index (χ3n) is 3.00. The van der Waals surface area contributed by atoms with Crippen LogP contribution < -0.4 is 5.32 Å². The zero-order valence-corrected chi connectivity index (χ0v) is 12.0. The normalized spacial score (nSPS) is 12.9. The minimum absolute atomic E-state index is 0.212. The van der Waals surface area contributed by atoms with Crippen LogP contribution in [-0.4, -0.2) is 43.3 Å². The summed E-state index contributed by atoms with van der Waals surface area (Å²) < 4.78 is 0. The highest BCUT2D eigenvalue weighted by atomic mass is 35.5. The number of nitrogens with one attached hydrogen (secondary N) is 1. The van der Waals surface area contributed by atoms with Crippen molar-refractivity contribution in [3.8, 4) is 0 Å². The van der Waals surface area contributed by atoms with E-state index in [9.17, 15) is 0 Å². The number of aliphatic hydroxyl groups excluding tert-OH is 1. The SMILES string of the molecule is CCNC(CCN(C)CCO)c1ccc(Cl)cc1. The van der Waals surface area contributed by atoms with Gasteiger partial charge in [-0.25, -0.2) is 0 Å². The molecule has 1 unspecified atom stereocenters. The number of nitrogens with zero attached hydrogens (tertiary/aromatic N) is 1. The molecule has 18 heavy (non-hydrogen) atoms. The summed E-state index contributed by atoms with van der Waals surface area (Å²) in [6.07, 6.45) is 1.02. The molecule has 0 aliphatic heterocycles. The van der Waals surface area contributed by atoms with Crippen molar-refractivity contribution in [1.29, 1.82) is 0 Å². The Balaban J connectivity index is 2.56.